The lowest BCUT2D eigenvalue weighted by molar-refractivity contribution is -0.143. The van der Waals surface area contributed by atoms with Crippen molar-refractivity contribution in [2.45, 2.75) is 61.0 Å². The Morgan fingerprint density at radius 2 is 1.24 bits per heavy atom. The van der Waals surface area contributed by atoms with Crippen molar-refractivity contribution in [3.8, 4) is 34.1 Å². The van der Waals surface area contributed by atoms with Crippen molar-refractivity contribution < 1.29 is 65.9 Å². The summed E-state index contributed by atoms with van der Waals surface area (Å²) in [6, 6.07) is 5.18. The highest BCUT2D eigenvalue weighted by molar-refractivity contribution is 6.18. The van der Waals surface area contributed by atoms with E-state index >= 15 is 0 Å². The first-order valence-corrected chi connectivity index (χ1v) is 17.8. The summed E-state index contributed by atoms with van der Waals surface area (Å²) >= 11 is 0. The van der Waals surface area contributed by atoms with Crippen LogP contribution in [0.4, 0.5) is 0 Å². The maximum Gasteiger partial charge on any atom is 0.343 e. The molecule has 0 amide bonds. The highest BCUT2D eigenvalue weighted by atomic mass is 16.7. The van der Waals surface area contributed by atoms with E-state index < -0.39 is 62.1 Å². The molecule has 16 nitrogen and oxygen atoms in total. The van der Waals surface area contributed by atoms with Crippen molar-refractivity contribution in [1.82, 2.24) is 0 Å². The van der Waals surface area contributed by atoms with E-state index in [9.17, 15) is 28.8 Å². The molecule has 0 radical (unpaired) electrons. The molecule has 0 N–H and O–H groups in total. The Kier molecular flexibility index (Phi) is 12.5. The van der Waals surface area contributed by atoms with Gasteiger partial charge in [-0.2, -0.15) is 0 Å². The molecule has 0 fully saturated rings. The lowest BCUT2D eigenvalue weighted by Crippen LogP contribution is -2.29. The zero-order chi connectivity index (χ0) is 42.9. The summed E-state index contributed by atoms with van der Waals surface area (Å²) in [5.74, 6) is -3.64. The molecule has 0 bridgehead atoms. The molecular formula is C42H44O16. The topological polar surface area (TPSA) is 203 Å². The number of ketones is 2. The van der Waals surface area contributed by atoms with Gasteiger partial charge in [0, 0.05) is 44.6 Å². The molecule has 3 aromatic carbocycles. The average molecular weight is 805 g/mol. The average Bonchev–Trinajstić information content (AvgIpc) is 3.13. The normalized spacial score (nSPS) is 11.8. The Bertz CT molecular complexity index is 2580. The molecule has 0 spiro atoms. The lowest BCUT2D eigenvalue weighted by Gasteiger charge is -2.23. The molecule has 0 saturated carbocycles. The summed E-state index contributed by atoms with van der Waals surface area (Å²) in [6.45, 7) is 11.1. The largest absolute Gasteiger partial charge is 0.464 e. The quantitative estimate of drug-likeness (QED) is 0.0365. The fourth-order valence-corrected chi connectivity index (χ4v) is 5.88. The first-order chi connectivity index (χ1) is 27.2. The van der Waals surface area contributed by atoms with Crippen LogP contribution in [0.15, 0.2) is 49.0 Å². The van der Waals surface area contributed by atoms with E-state index in [4.69, 9.17) is 46.7 Å². The van der Waals surface area contributed by atoms with Crippen molar-refractivity contribution in [3.63, 3.8) is 0 Å². The summed E-state index contributed by atoms with van der Waals surface area (Å²) in [6.07, 6.45) is 1.000. The third-order valence-electron chi connectivity index (χ3n) is 8.42. The number of carbonyl (C=O) groups excluding carboxylic acids is 4. The van der Waals surface area contributed by atoms with E-state index in [1.165, 1.54) is 59.4 Å². The SMILES string of the molecule is COCOc1cc2oc3c(C(C)=O)c(-c4coc5cc(OCOC)c(OC(=O)C(C)(C)C)c(C(=O)OC(C)(C)C)c5c4=O)c(C(C)=O)cc3c(=O)c2cc1OCOC. The van der Waals surface area contributed by atoms with E-state index in [-0.39, 0.29) is 87.4 Å². The van der Waals surface area contributed by atoms with Gasteiger partial charge in [-0.1, -0.05) is 0 Å². The van der Waals surface area contributed by atoms with Crippen LogP contribution in [0.25, 0.3) is 44.0 Å². The summed E-state index contributed by atoms with van der Waals surface area (Å²) in [7, 11) is 4.16. The van der Waals surface area contributed by atoms with Gasteiger partial charge in [-0.3, -0.25) is 24.0 Å². The zero-order valence-corrected chi connectivity index (χ0v) is 34.0. The van der Waals surface area contributed by atoms with Gasteiger partial charge in [-0.05, 0) is 67.5 Å². The van der Waals surface area contributed by atoms with Crippen LogP contribution in [-0.4, -0.2) is 70.8 Å². The standard InChI is InChI=1S/C42H44O16/c1-20(43)22-12-24-35(45)23-13-27(53-17-49-9)28(54-18-50-10)14-26(23)56-37(24)31(21(2)44)32(22)25-16-52-29-15-30(55-19-51-11)38(57-40(48)41(3,4)5)34(33(29)36(25)46)39(47)58-42(6,7)8/h12-16H,17-19H2,1-11H3. The zero-order valence-electron chi connectivity index (χ0n) is 34.0. The number of hydrogen-bond acceptors (Lipinski definition) is 16. The van der Waals surface area contributed by atoms with Gasteiger partial charge in [0.25, 0.3) is 0 Å². The van der Waals surface area contributed by atoms with Gasteiger partial charge in [-0.25, -0.2) is 4.79 Å². The predicted octanol–water partition coefficient (Wildman–Crippen LogP) is 6.98. The van der Waals surface area contributed by atoms with Gasteiger partial charge in [-0.15, -0.1) is 0 Å². The molecule has 0 saturated heterocycles. The van der Waals surface area contributed by atoms with Gasteiger partial charge in [0.2, 0.25) is 10.9 Å². The summed E-state index contributed by atoms with van der Waals surface area (Å²) < 4.78 is 55.8. The lowest BCUT2D eigenvalue weighted by atomic mass is 9.88. The number of benzene rings is 3. The van der Waals surface area contributed by atoms with Crippen LogP contribution < -0.4 is 29.8 Å². The minimum atomic E-state index is -1.11. The second-order valence-corrected chi connectivity index (χ2v) is 15.1. The van der Waals surface area contributed by atoms with Gasteiger partial charge in [0.05, 0.1) is 32.7 Å². The number of carbonyl (C=O) groups is 4. The number of Topliss-reactive ketones (excluding diaryl/α,β-unsaturated/α-hetero) is 2. The molecule has 5 aromatic rings. The Labute approximate surface area is 331 Å². The van der Waals surface area contributed by atoms with Crippen LogP contribution in [0.1, 0.15) is 86.5 Å². The Hall–Kier alpha value is -6.10. The Balaban J connectivity index is 1.95. The summed E-state index contributed by atoms with van der Waals surface area (Å²) in [5.41, 5.74) is -5.96. The minimum Gasteiger partial charge on any atom is -0.464 e. The molecule has 308 valence electrons. The first kappa shape index (κ1) is 43.0. The molecule has 2 aromatic heterocycles. The van der Waals surface area contributed by atoms with Crippen LogP contribution in [0.2, 0.25) is 0 Å². The fourth-order valence-electron chi connectivity index (χ4n) is 5.88. The molecule has 2 heterocycles. The van der Waals surface area contributed by atoms with Crippen LogP contribution in [0, 0.1) is 5.41 Å². The van der Waals surface area contributed by atoms with Crippen LogP contribution in [0.5, 0.6) is 23.0 Å². The van der Waals surface area contributed by atoms with Gasteiger partial charge in [0.15, 0.2) is 54.9 Å². The van der Waals surface area contributed by atoms with Crippen LogP contribution in [0.3, 0.4) is 0 Å². The van der Waals surface area contributed by atoms with Crippen molar-refractivity contribution in [2.24, 2.45) is 5.41 Å². The maximum atomic E-state index is 15.0. The molecule has 0 aliphatic heterocycles. The van der Waals surface area contributed by atoms with E-state index in [1.54, 1.807) is 41.5 Å². The first-order valence-electron chi connectivity index (χ1n) is 17.8. The molecule has 5 rings (SSSR count). The fraction of sp³-hybridized carbons (Fsp3) is 0.381. The van der Waals surface area contributed by atoms with Crippen molar-refractivity contribution in [2.75, 3.05) is 41.7 Å². The third kappa shape index (κ3) is 8.58. The number of hydrogen-bond donors (Lipinski definition) is 0. The molecule has 0 unspecified atom stereocenters. The second-order valence-electron chi connectivity index (χ2n) is 15.1. The van der Waals surface area contributed by atoms with Crippen molar-refractivity contribution in [1.29, 1.82) is 0 Å². The molecule has 0 atom stereocenters. The predicted molar refractivity (Wildman–Crippen MR) is 209 cm³/mol. The number of ether oxygens (including phenoxy) is 8. The maximum absolute atomic E-state index is 15.0. The van der Waals surface area contributed by atoms with Crippen LogP contribution in [-0.2, 0) is 23.7 Å². The van der Waals surface area contributed by atoms with E-state index in [0.717, 1.165) is 6.26 Å². The number of methoxy groups -OCH3 is 3. The van der Waals surface area contributed by atoms with E-state index in [1.807, 2.05) is 0 Å². The number of fused-ring (bicyclic) bond motifs is 3. The summed E-state index contributed by atoms with van der Waals surface area (Å²) in [4.78, 5) is 83.9. The van der Waals surface area contributed by atoms with Gasteiger partial charge in [0.1, 0.15) is 34.2 Å². The number of rotatable bonds is 14. The molecular weight excluding hydrogens is 760 g/mol. The third-order valence-corrected chi connectivity index (χ3v) is 8.42. The molecule has 0 aliphatic rings. The Morgan fingerprint density at radius 1 is 0.672 bits per heavy atom. The number of esters is 2. The van der Waals surface area contributed by atoms with Gasteiger partial charge >= 0.3 is 11.9 Å². The van der Waals surface area contributed by atoms with Crippen molar-refractivity contribution >= 4 is 56.4 Å². The Morgan fingerprint density at radius 3 is 1.78 bits per heavy atom. The van der Waals surface area contributed by atoms with Crippen molar-refractivity contribution in [3.05, 3.63) is 67.7 Å². The second kappa shape index (κ2) is 16.8. The highest BCUT2D eigenvalue weighted by Gasteiger charge is 2.35. The summed E-state index contributed by atoms with van der Waals surface area (Å²) in [5, 5.41) is -0.581. The highest BCUT2D eigenvalue weighted by Crippen LogP contribution is 2.42. The monoisotopic (exact) mass is 804 g/mol. The van der Waals surface area contributed by atoms with E-state index in [2.05, 4.69) is 0 Å². The molecule has 0 aliphatic carbocycles. The van der Waals surface area contributed by atoms with Crippen LogP contribution >= 0.6 is 0 Å². The molecule has 58 heavy (non-hydrogen) atoms. The van der Waals surface area contributed by atoms with E-state index in [0.29, 0.717) is 0 Å². The molecule has 16 heteroatoms. The minimum absolute atomic E-state index is 0.0103. The smallest absolute Gasteiger partial charge is 0.343 e. The van der Waals surface area contributed by atoms with Gasteiger partial charge < -0.3 is 46.7 Å².